The molecule has 1 aliphatic rings. The molecule has 2 atom stereocenters. The van der Waals surface area contributed by atoms with E-state index in [0.717, 1.165) is 18.6 Å². The molecule has 20 heavy (non-hydrogen) atoms. The van der Waals surface area contributed by atoms with E-state index in [2.05, 4.69) is 6.92 Å². The van der Waals surface area contributed by atoms with Crippen LogP contribution in [0.3, 0.4) is 0 Å². The summed E-state index contributed by atoms with van der Waals surface area (Å²) in [6.07, 6.45) is 0.764. The van der Waals surface area contributed by atoms with Crippen LogP contribution in [0.5, 0.6) is 0 Å². The maximum atomic E-state index is 13.0. The minimum absolute atomic E-state index is 0.0501. The van der Waals surface area contributed by atoms with E-state index >= 15 is 0 Å². The molecule has 0 saturated carbocycles. The van der Waals surface area contributed by atoms with Gasteiger partial charge in [0.05, 0.1) is 5.02 Å². The lowest BCUT2D eigenvalue weighted by molar-refractivity contribution is 0.203. The molecule has 112 valence electrons. The molecule has 1 aliphatic heterocycles. The first kappa shape index (κ1) is 15.7. The Morgan fingerprint density at radius 2 is 2.20 bits per heavy atom. The van der Waals surface area contributed by atoms with Gasteiger partial charge in [0.1, 0.15) is 10.7 Å². The van der Waals surface area contributed by atoms with Crippen molar-refractivity contribution >= 4 is 21.6 Å². The van der Waals surface area contributed by atoms with Gasteiger partial charge in [-0.15, -0.1) is 0 Å². The molecular formula is C13H18ClFN2O2S. The van der Waals surface area contributed by atoms with E-state index in [-0.39, 0.29) is 15.8 Å². The van der Waals surface area contributed by atoms with Crippen LogP contribution in [0.1, 0.15) is 13.3 Å². The van der Waals surface area contributed by atoms with Crippen LogP contribution in [0.2, 0.25) is 5.02 Å². The minimum atomic E-state index is -3.70. The van der Waals surface area contributed by atoms with Gasteiger partial charge in [0.2, 0.25) is 10.0 Å². The topological polar surface area (TPSA) is 63.4 Å². The van der Waals surface area contributed by atoms with Gasteiger partial charge in [-0.1, -0.05) is 18.5 Å². The van der Waals surface area contributed by atoms with Gasteiger partial charge in [0.25, 0.3) is 0 Å². The molecule has 4 nitrogen and oxygen atoms in total. The summed E-state index contributed by atoms with van der Waals surface area (Å²) in [4.78, 5) is -0.0501. The number of hydrogen-bond donors (Lipinski definition) is 1. The molecule has 0 aromatic heterocycles. The predicted octanol–water partition coefficient (Wildman–Crippen LogP) is 2.08. The van der Waals surface area contributed by atoms with Crippen molar-refractivity contribution in [1.29, 1.82) is 0 Å². The van der Waals surface area contributed by atoms with Crippen molar-refractivity contribution in [3.05, 3.63) is 29.0 Å². The highest BCUT2D eigenvalue weighted by Gasteiger charge is 2.34. The molecule has 2 unspecified atom stereocenters. The Kier molecular flexibility index (Phi) is 4.69. The Morgan fingerprint density at radius 1 is 1.50 bits per heavy atom. The van der Waals surface area contributed by atoms with E-state index < -0.39 is 15.8 Å². The van der Waals surface area contributed by atoms with Crippen LogP contribution in [0.25, 0.3) is 0 Å². The Balaban J connectivity index is 2.31. The van der Waals surface area contributed by atoms with Crippen LogP contribution < -0.4 is 5.73 Å². The average Bonchev–Trinajstić information content (AvgIpc) is 2.38. The summed E-state index contributed by atoms with van der Waals surface area (Å²) in [7, 11) is -3.70. The summed E-state index contributed by atoms with van der Waals surface area (Å²) in [5, 5.41) is -0.0899. The van der Waals surface area contributed by atoms with Crippen LogP contribution in [0.4, 0.5) is 4.39 Å². The fourth-order valence-electron chi connectivity index (χ4n) is 2.46. The standard InChI is InChI=1S/C13H18ClFN2O2S/c1-9-4-5-17(8-10(9)7-16)20(18,19)13-3-2-11(15)6-12(13)14/h2-3,6,9-10H,4-5,7-8,16H2,1H3. The van der Waals surface area contributed by atoms with Gasteiger partial charge in [-0.3, -0.25) is 0 Å². The van der Waals surface area contributed by atoms with Crippen LogP contribution in [0.15, 0.2) is 23.1 Å². The number of halogens is 2. The SMILES string of the molecule is CC1CCN(S(=O)(=O)c2ccc(F)cc2Cl)CC1CN. The minimum Gasteiger partial charge on any atom is -0.330 e. The number of rotatable bonds is 3. The molecular weight excluding hydrogens is 303 g/mol. The molecule has 1 aromatic rings. The summed E-state index contributed by atoms with van der Waals surface area (Å²) in [5.41, 5.74) is 5.69. The third-order valence-corrected chi connectivity index (χ3v) is 6.24. The second-order valence-electron chi connectivity index (χ2n) is 5.20. The smallest absolute Gasteiger partial charge is 0.244 e. The number of benzene rings is 1. The molecule has 0 amide bonds. The lowest BCUT2D eigenvalue weighted by Crippen LogP contribution is -2.45. The zero-order chi connectivity index (χ0) is 14.9. The summed E-state index contributed by atoms with van der Waals surface area (Å²) in [6, 6.07) is 3.33. The van der Waals surface area contributed by atoms with Gasteiger partial charge in [-0.05, 0) is 43.0 Å². The van der Waals surface area contributed by atoms with Crippen LogP contribution in [0, 0.1) is 17.7 Å². The van der Waals surface area contributed by atoms with E-state index in [0.29, 0.717) is 25.6 Å². The van der Waals surface area contributed by atoms with E-state index in [4.69, 9.17) is 17.3 Å². The first-order valence-electron chi connectivity index (χ1n) is 6.51. The summed E-state index contributed by atoms with van der Waals surface area (Å²) >= 11 is 5.86. The summed E-state index contributed by atoms with van der Waals surface area (Å²) < 4.78 is 39.6. The summed E-state index contributed by atoms with van der Waals surface area (Å²) in [5.74, 6) is -0.0195. The largest absolute Gasteiger partial charge is 0.330 e. The monoisotopic (exact) mass is 320 g/mol. The number of sulfonamides is 1. The maximum Gasteiger partial charge on any atom is 0.244 e. The highest BCUT2D eigenvalue weighted by Crippen LogP contribution is 2.30. The molecule has 1 fully saturated rings. The molecule has 2 rings (SSSR count). The quantitative estimate of drug-likeness (QED) is 0.927. The first-order chi connectivity index (χ1) is 9.36. The molecule has 0 spiro atoms. The molecule has 7 heteroatoms. The molecule has 1 aromatic carbocycles. The van der Waals surface area contributed by atoms with Gasteiger partial charge in [-0.2, -0.15) is 4.31 Å². The zero-order valence-electron chi connectivity index (χ0n) is 11.2. The fourth-order valence-corrected chi connectivity index (χ4v) is 4.48. The molecule has 2 N–H and O–H groups in total. The van der Waals surface area contributed by atoms with Gasteiger partial charge in [-0.25, -0.2) is 12.8 Å². The van der Waals surface area contributed by atoms with E-state index in [1.54, 1.807) is 0 Å². The van der Waals surface area contributed by atoms with Crippen molar-refractivity contribution in [2.45, 2.75) is 18.2 Å². The maximum absolute atomic E-state index is 13.0. The number of piperidine rings is 1. The van der Waals surface area contributed by atoms with Gasteiger partial charge in [0.15, 0.2) is 0 Å². The molecule has 1 heterocycles. The average molecular weight is 321 g/mol. The highest BCUT2D eigenvalue weighted by molar-refractivity contribution is 7.89. The highest BCUT2D eigenvalue weighted by atomic mass is 35.5. The van der Waals surface area contributed by atoms with Crippen molar-refractivity contribution in [1.82, 2.24) is 4.31 Å². The third kappa shape index (κ3) is 2.98. The van der Waals surface area contributed by atoms with Crippen molar-refractivity contribution in [2.75, 3.05) is 19.6 Å². The summed E-state index contributed by atoms with van der Waals surface area (Å²) in [6.45, 7) is 3.35. The first-order valence-corrected chi connectivity index (χ1v) is 8.33. The van der Waals surface area contributed by atoms with E-state index in [1.165, 1.54) is 10.4 Å². The predicted molar refractivity (Wildman–Crippen MR) is 76.5 cm³/mol. The second kappa shape index (κ2) is 5.97. The third-order valence-electron chi connectivity index (χ3n) is 3.89. The lowest BCUT2D eigenvalue weighted by Gasteiger charge is -2.35. The Morgan fingerprint density at radius 3 is 2.80 bits per heavy atom. The molecule has 0 bridgehead atoms. The number of nitrogens with zero attached hydrogens (tertiary/aromatic N) is 1. The van der Waals surface area contributed by atoms with Crippen molar-refractivity contribution < 1.29 is 12.8 Å². The molecule has 1 saturated heterocycles. The van der Waals surface area contributed by atoms with E-state index in [9.17, 15) is 12.8 Å². The van der Waals surface area contributed by atoms with Crippen LogP contribution in [-0.2, 0) is 10.0 Å². The fraction of sp³-hybridized carbons (Fsp3) is 0.538. The Hall–Kier alpha value is -0.690. The number of hydrogen-bond acceptors (Lipinski definition) is 3. The Bertz CT molecular complexity index is 594. The molecule has 0 radical (unpaired) electrons. The molecule has 0 aliphatic carbocycles. The lowest BCUT2D eigenvalue weighted by atomic mass is 9.88. The van der Waals surface area contributed by atoms with Crippen molar-refractivity contribution in [2.24, 2.45) is 17.6 Å². The zero-order valence-corrected chi connectivity index (χ0v) is 12.8. The van der Waals surface area contributed by atoms with Crippen LogP contribution >= 0.6 is 11.6 Å². The van der Waals surface area contributed by atoms with Crippen LogP contribution in [-0.4, -0.2) is 32.4 Å². The Labute approximate surface area is 123 Å². The normalized spacial score (nSPS) is 24.8. The number of nitrogens with two attached hydrogens (primary N) is 1. The van der Waals surface area contributed by atoms with Crippen molar-refractivity contribution in [3.63, 3.8) is 0 Å². The van der Waals surface area contributed by atoms with Gasteiger partial charge in [0, 0.05) is 13.1 Å². The van der Waals surface area contributed by atoms with E-state index in [1.807, 2.05) is 0 Å². The second-order valence-corrected chi connectivity index (χ2v) is 7.51. The van der Waals surface area contributed by atoms with Crippen molar-refractivity contribution in [3.8, 4) is 0 Å². The van der Waals surface area contributed by atoms with Gasteiger partial charge < -0.3 is 5.73 Å². The van der Waals surface area contributed by atoms with Gasteiger partial charge >= 0.3 is 0 Å².